The third-order valence-corrected chi connectivity index (χ3v) is 5.57. The van der Waals surface area contributed by atoms with Gasteiger partial charge in [-0.2, -0.15) is 0 Å². The lowest BCUT2D eigenvalue weighted by atomic mass is 10.1. The highest BCUT2D eigenvalue weighted by Crippen LogP contribution is 2.11. The Kier molecular flexibility index (Phi) is 7.67. The minimum absolute atomic E-state index is 0.0440. The number of piperazine rings is 1. The molecule has 0 saturated carbocycles. The molecule has 176 valence electrons. The molecule has 0 aliphatic carbocycles. The standard InChI is InChI=1S/C25H27N5O4/c31-23(21-22(28-17-27-21)24(32)30-13-11-26-12-14-30)29-20(15-18-7-3-1-4-8-18)25(33)34-16-19-9-5-2-6-10-19/h1-10,17,20,26H,11-16H2,(H,27,28)(H,29,31)/t20-/m0/s1. The van der Waals surface area contributed by atoms with Gasteiger partial charge in [-0.3, -0.25) is 9.59 Å². The lowest BCUT2D eigenvalue weighted by molar-refractivity contribution is -0.147. The molecule has 2 heterocycles. The first kappa shape index (κ1) is 23.2. The van der Waals surface area contributed by atoms with Crippen molar-refractivity contribution in [3.05, 3.63) is 89.5 Å². The van der Waals surface area contributed by atoms with Crippen LogP contribution in [-0.4, -0.2) is 64.9 Å². The first-order valence-corrected chi connectivity index (χ1v) is 11.2. The molecular weight excluding hydrogens is 434 g/mol. The maximum absolute atomic E-state index is 13.1. The van der Waals surface area contributed by atoms with E-state index in [9.17, 15) is 14.4 Å². The topological polar surface area (TPSA) is 116 Å². The van der Waals surface area contributed by atoms with Crippen molar-refractivity contribution >= 4 is 17.8 Å². The molecule has 1 fully saturated rings. The summed E-state index contributed by atoms with van der Waals surface area (Å²) in [7, 11) is 0. The summed E-state index contributed by atoms with van der Waals surface area (Å²) in [4.78, 5) is 47.5. The maximum atomic E-state index is 13.1. The molecule has 3 N–H and O–H groups in total. The minimum Gasteiger partial charge on any atom is -0.459 e. The number of hydrogen-bond donors (Lipinski definition) is 3. The van der Waals surface area contributed by atoms with Gasteiger partial charge in [-0.25, -0.2) is 9.78 Å². The zero-order valence-electron chi connectivity index (χ0n) is 18.7. The summed E-state index contributed by atoms with van der Waals surface area (Å²) in [6.07, 6.45) is 1.55. The zero-order valence-corrected chi connectivity index (χ0v) is 18.7. The molecule has 2 aromatic carbocycles. The molecule has 9 nitrogen and oxygen atoms in total. The Hall–Kier alpha value is -3.98. The van der Waals surface area contributed by atoms with E-state index in [0.717, 1.165) is 11.1 Å². The number of nitrogens with one attached hydrogen (secondary N) is 3. The van der Waals surface area contributed by atoms with Gasteiger partial charge in [0.25, 0.3) is 11.8 Å². The number of imidazole rings is 1. The van der Waals surface area contributed by atoms with Crippen molar-refractivity contribution in [1.82, 2.24) is 25.5 Å². The molecule has 0 spiro atoms. The number of aromatic nitrogens is 2. The minimum atomic E-state index is -0.947. The van der Waals surface area contributed by atoms with E-state index in [1.165, 1.54) is 6.33 Å². The van der Waals surface area contributed by atoms with Gasteiger partial charge in [0, 0.05) is 32.6 Å². The Labute approximate surface area is 197 Å². The van der Waals surface area contributed by atoms with Crippen LogP contribution in [-0.2, 0) is 22.6 Å². The third kappa shape index (κ3) is 5.87. The molecule has 9 heteroatoms. The van der Waals surface area contributed by atoms with Gasteiger partial charge in [-0.1, -0.05) is 60.7 Å². The number of H-pyrrole nitrogens is 1. The lowest BCUT2D eigenvalue weighted by Crippen LogP contribution is -2.47. The van der Waals surface area contributed by atoms with E-state index in [2.05, 4.69) is 20.6 Å². The van der Waals surface area contributed by atoms with Crippen LogP contribution in [0.5, 0.6) is 0 Å². The van der Waals surface area contributed by atoms with Crippen LogP contribution in [0.25, 0.3) is 0 Å². The molecular formula is C25H27N5O4. The van der Waals surface area contributed by atoms with Gasteiger partial charge >= 0.3 is 5.97 Å². The summed E-state index contributed by atoms with van der Waals surface area (Å²) in [5.41, 5.74) is 1.77. The van der Waals surface area contributed by atoms with Crippen molar-refractivity contribution in [3.63, 3.8) is 0 Å². The van der Waals surface area contributed by atoms with Gasteiger partial charge in [0.1, 0.15) is 18.3 Å². The molecule has 0 bridgehead atoms. The van der Waals surface area contributed by atoms with Crippen LogP contribution in [0.4, 0.5) is 0 Å². The number of carbonyl (C=O) groups excluding carboxylic acids is 3. The Morgan fingerprint density at radius 1 is 0.971 bits per heavy atom. The molecule has 0 unspecified atom stereocenters. The van der Waals surface area contributed by atoms with Gasteiger partial charge in [-0.15, -0.1) is 0 Å². The van der Waals surface area contributed by atoms with E-state index < -0.39 is 17.9 Å². The van der Waals surface area contributed by atoms with E-state index in [4.69, 9.17) is 4.74 Å². The van der Waals surface area contributed by atoms with Gasteiger partial charge < -0.3 is 25.3 Å². The van der Waals surface area contributed by atoms with E-state index in [1.54, 1.807) is 4.90 Å². The second-order valence-electron chi connectivity index (χ2n) is 7.98. The summed E-state index contributed by atoms with van der Waals surface area (Å²) < 4.78 is 5.49. The Bertz CT molecular complexity index is 1110. The number of carbonyl (C=O) groups is 3. The second-order valence-corrected chi connectivity index (χ2v) is 7.98. The number of aromatic amines is 1. The van der Waals surface area contributed by atoms with Gasteiger partial charge in [0.2, 0.25) is 0 Å². The van der Waals surface area contributed by atoms with Crippen LogP contribution in [0.15, 0.2) is 67.0 Å². The Morgan fingerprint density at radius 3 is 2.29 bits per heavy atom. The largest absolute Gasteiger partial charge is 0.459 e. The molecule has 34 heavy (non-hydrogen) atoms. The van der Waals surface area contributed by atoms with E-state index in [0.29, 0.717) is 26.2 Å². The number of ether oxygens (including phenoxy) is 1. The second kappa shape index (κ2) is 11.2. The van der Waals surface area contributed by atoms with Crippen molar-refractivity contribution in [2.75, 3.05) is 26.2 Å². The van der Waals surface area contributed by atoms with Crippen molar-refractivity contribution in [2.45, 2.75) is 19.1 Å². The molecule has 1 aliphatic heterocycles. The van der Waals surface area contributed by atoms with Crippen LogP contribution in [0.3, 0.4) is 0 Å². The first-order valence-electron chi connectivity index (χ1n) is 11.2. The summed E-state index contributed by atoms with van der Waals surface area (Å²) in [5, 5.41) is 5.91. The molecule has 1 atom stereocenters. The van der Waals surface area contributed by atoms with Gasteiger partial charge in [0.05, 0.1) is 6.33 Å². The summed E-state index contributed by atoms with van der Waals surface area (Å²) >= 11 is 0. The number of hydrogen-bond acceptors (Lipinski definition) is 6. The predicted octanol–water partition coefficient (Wildman–Crippen LogP) is 1.54. The van der Waals surface area contributed by atoms with E-state index in [-0.39, 0.29) is 30.3 Å². The number of nitrogens with zero attached hydrogens (tertiary/aromatic N) is 2. The smallest absolute Gasteiger partial charge is 0.329 e. The predicted molar refractivity (Wildman–Crippen MR) is 125 cm³/mol. The number of amides is 2. The van der Waals surface area contributed by atoms with E-state index in [1.807, 2.05) is 60.7 Å². The monoisotopic (exact) mass is 461 g/mol. The van der Waals surface area contributed by atoms with Crippen LogP contribution in [0.1, 0.15) is 32.1 Å². The summed E-state index contributed by atoms with van der Waals surface area (Å²) in [6, 6.07) is 17.7. The summed E-state index contributed by atoms with van der Waals surface area (Å²) in [5.74, 6) is -1.47. The van der Waals surface area contributed by atoms with Crippen molar-refractivity contribution in [1.29, 1.82) is 0 Å². The third-order valence-electron chi connectivity index (χ3n) is 5.57. The highest BCUT2D eigenvalue weighted by molar-refractivity contribution is 6.05. The average molecular weight is 462 g/mol. The SMILES string of the molecule is O=C(N[C@@H](Cc1ccccc1)C(=O)OCc1ccccc1)c1nc[nH]c1C(=O)N1CCNCC1. The van der Waals surface area contributed by atoms with E-state index >= 15 is 0 Å². The number of esters is 1. The Morgan fingerprint density at radius 2 is 1.62 bits per heavy atom. The maximum Gasteiger partial charge on any atom is 0.329 e. The zero-order chi connectivity index (χ0) is 23.8. The molecule has 4 rings (SSSR count). The van der Waals surface area contributed by atoms with Crippen LogP contribution in [0.2, 0.25) is 0 Å². The van der Waals surface area contributed by atoms with Crippen molar-refractivity contribution in [3.8, 4) is 0 Å². The van der Waals surface area contributed by atoms with Crippen molar-refractivity contribution < 1.29 is 19.1 Å². The highest BCUT2D eigenvalue weighted by Gasteiger charge is 2.29. The molecule has 3 aromatic rings. The van der Waals surface area contributed by atoms with Gasteiger partial charge in [0.15, 0.2) is 5.69 Å². The molecule has 1 aromatic heterocycles. The lowest BCUT2D eigenvalue weighted by Gasteiger charge is -2.27. The average Bonchev–Trinajstić information content (AvgIpc) is 3.38. The quantitative estimate of drug-likeness (QED) is 0.438. The molecule has 2 amide bonds. The summed E-state index contributed by atoms with van der Waals surface area (Å²) in [6.45, 7) is 2.56. The fourth-order valence-electron chi connectivity index (χ4n) is 3.75. The van der Waals surface area contributed by atoms with Crippen LogP contribution in [0, 0.1) is 0 Å². The van der Waals surface area contributed by atoms with Gasteiger partial charge in [-0.05, 0) is 11.1 Å². The van der Waals surface area contributed by atoms with Crippen LogP contribution < -0.4 is 10.6 Å². The normalized spacial score (nSPS) is 14.3. The first-order chi connectivity index (χ1) is 16.6. The number of benzene rings is 2. The van der Waals surface area contributed by atoms with Crippen LogP contribution >= 0.6 is 0 Å². The molecule has 1 aliphatic rings. The fourth-order valence-corrected chi connectivity index (χ4v) is 3.75. The molecule has 1 saturated heterocycles. The Balaban J connectivity index is 1.48. The highest BCUT2D eigenvalue weighted by atomic mass is 16.5. The molecule has 0 radical (unpaired) electrons. The fraction of sp³-hybridized carbons (Fsp3) is 0.280. The van der Waals surface area contributed by atoms with Crippen molar-refractivity contribution in [2.24, 2.45) is 0 Å². The number of rotatable bonds is 8.